The van der Waals surface area contributed by atoms with Crippen LogP contribution >= 0.6 is 24.0 Å². The average Bonchev–Trinajstić information content (AvgIpc) is 2.76. The van der Waals surface area contributed by atoms with Gasteiger partial charge in [0.1, 0.15) is 18.7 Å². The number of hydrogen-bond acceptors (Lipinski definition) is 4. The maximum Gasteiger partial charge on any atom is 0.191 e. The summed E-state index contributed by atoms with van der Waals surface area (Å²) in [5.74, 6) is 1.71. The van der Waals surface area contributed by atoms with Gasteiger partial charge in [-0.15, -0.1) is 24.0 Å². The quantitative estimate of drug-likeness (QED) is 0.401. The van der Waals surface area contributed by atoms with Crippen LogP contribution in [-0.2, 0) is 13.6 Å². The van der Waals surface area contributed by atoms with E-state index in [0.717, 1.165) is 31.4 Å². The molecular formula is C15H30IN7. The Hall–Kier alpha value is -0.900. The van der Waals surface area contributed by atoms with Gasteiger partial charge in [0.25, 0.3) is 0 Å². The maximum atomic E-state index is 4.57. The summed E-state index contributed by atoms with van der Waals surface area (Å²) >= 11 is 0. The van der Waals surface area contributed by atoms with Gasteiger partial charge in [0.2, 0.25) is 0 Å². The predicted molar refractivity (Wildman–Crippen MR) is 104 cm³/mol. The van der Waals surface area contributed by atoms with Crippen LogP contribution in [0.15, 0.2) is 11.3 Å². The average molecular weight is 435 g/mol. The number of guanidine groups is 1. The standard InChI is InChI=1S/C15H29N7.HI/c1-3-16-15(18-12-14-19-13-20-21(14)2)17-8-11-22-9-6-4-5-7-10-22;/h13H,3-12H2,1-2H3,(H2,16,17,18);1H. The van der Waals surface area contributed by atoms with Crippen molar-refractivity contribution in [3.8, 4) is 0 Å². The van der Waals surface area contributed by atoms with E-state index in [-0.39, 0.29) is 24.0 Å². The Bertz CT molecular complexity index is 452. The first-order chi connectivity index (χ1) is 10.8. The molecule has 0 aliphatic carbocycles. The molecule has 0 spiro atoms. The summed E-state index contributed by atoms with van der Waals surface area (Å²) in [6.45, 7) is 7.93. The van der Waals surface area contributed by atoms with E-state index in [1.165, 1.54) is 38.8 Å². The van der Waals surface area contributed by atoms with Crippen LogP contribution in [0.2, 0.25) is 0 Å². The molecular weight excluding hydrogens is 405 g/mol. The number of nitrogens with zero attached hydrogens (tertiary/aromatic N) is 5. The van der Waals surface area contributed by atoms with E-state index in [9.17, 15) is 0 Å². The number of hydrogen-bond donors (Lipinski definition) is 2. The molecule has 2 N–H and O–H groups in total. The van der Waals surface area contributed by atoms with Crippen molar-refractivity contribution >= 4 is 29.9 Å². The first kappa shape index (κ1) is 20.1. The van der Waals surface area contributed by atoms with Gasteiger partial charge in [0.15, 0.2) is 5.96 Å². The fourth-order valence-corrected chi connectivity index (χ4v) is 2.65. The van der Waals surface area contributed by atoms with Crippen LogP contribution in [0, 0.1) is 0 Å². The van der Waals surface area contributed by atoms with Gasteiger partial charge in [0.05, 0.1) is 0 Å². The van der Waals surface area contributed by atoms with E-state index in [1.54, 1.807) is 11.0 Å². The second kappa shape index (κ2) is 11.6. The monoisotopic (exact) mass is 435 g/mol. The van der Waals surface area contributed by atoms with Crippen molar-refractivity contribution in [3.05, 3.63) is 12.2 Å². The molecule has 8 heteroatoms. The van der Waals surface area contributed by atoms with Gasteiger partial charge in [-0.1, -0.05) is 12.8 Å². The normalized spacial score (nSPS) is 16.5. The lowest BCUT2D eigenvalue weighted by Crippen LogP contribution is -2.41. The summed E-state index contributed by atoms with van der Waals surface area (Å²) in [4.78, 5) is 11.3. The number of halogens is 1. The Morgan fingerprint density at radius 2 is 1.96 bits per heavy atom. The highest BCUT2D eigenvalue weighted by molar-refractivity contribution is 14.0. The van der Waals surface area contributed by atoms with Gasteiger partial charge >= 0.3 is 0 Å². The number of aryl methyl sites for hydroxylation is 1. The minimum absolute atomic E-state index is 0. The SMILES string of the molecule is CCNC(=NCc1ncnn1C)NCCN1CCCCCC1.I. The maximum absolute atomic E-state index is 4.57. The fraction of sp³-hybridized carbons (Fsp3) is 0.800. The molecule has 0 aromatic carbocycles. The van der Waals surface area contributed by atoms with Crippen molar-refractivity contribution in [2.24, 2.45) is 12.0 Å². The van der Waals surface area contributed by atoms with Crippen molar-refractivity contribution in [2.75, 3.05) is 32.7 Å². The second-order valence-electron chi connectivity index (χ2n) is 5.68. The number of likely N-dealkylation sites (tertiary alicyclic amines) is 1. The lowest BCUT2D eigenvalue weighted by Gasteiger charge is -2.20. The lowest BCUT2D eigenvalue weighted by molar-refractivity contribution is 0.289. The van der Waals surface area contributed by atoms with Crippen LogP contribution in [0.25, 0.3) is 0 Å². The summed E-state index contributed by atoms with van der Waals surface area (Å²) in [5.41, 5.74) is 0. The van der Waals surface area contributed by atoms with Gasteiger partial charge in [-0.3, -0.25) is 4.68 Å². The summed E-state index contributed by atoms with van der Waals surface area (Å²) in [6, 6.07) is 0. The van der Waals surface area contributed by atoms with Gasteiger partial charge in [0, 0.05) is 26.7 Å². The van der Waals surface area contributed by atoms with Crippen molar-refractivity contribution < 1.29 is 0 Å². The molecule has 1 aliphatic rings. The summed E-state index contributed by atoms with van der Waals surface area (Å²) in [5, 5.41) is 10.7. The third-order valence-electron chi connectivity index (χ3n) is 3.95. The Labute approximate surface area is 156 Å². The number of aromatic nitrogens is 3. The Kier molecular flexibility index (Phi) is 10.2. The molecule has 0 bridgehead atoms. The molecule has 2 rings (SSSR count). The molecule has 2 heterocycles. The van der Waals surface area contributed by atoms with Crippen LogP contribution in [0.3, 0.4) is 0 Å². The molecule has 1 aromatic rings. The molecule has 1 fully saturated rings. The Morgan fingerprint density at radius 1 is 1.22 bits per heavy atom. The molecule has 0 unspecified atom stereocenters. The molecule has 1 saturated heterocycles. The number of rotatable bonds is 6. The van der Waals surface area contributed by atoms with E-state index < -0.39 is 0 Å². The minimum Gasteiger partial charge on any atom is -0.357 e. The highest BCUT2D eigenvalue weighted by Gasteiger charge is 2.08. The van der Waals surface area contributed by atoms with Crippen LogP contribution in [-0.4, -0.2) is 58.3 Å². The van der Waals surface area contributed by atoms with Gasteiger partial charge in [-0.05, 0) is 32.9 Å². The topological polar surface area (TPSA) is 70.4 Å². The lowest BCUT2D eigenvalue weighted by atomic mass is 10.2. The molecule has 0 saturated carbocycles. The number of nitrogens with one attached hydrogen (secondary N) is 2. The van der Waals surface area contributed by atoms with E-state index in [1.807, 2.05) is 7.05 Å². The van der Waals surface area contributed by atoms with Gasteiger partial charge in [-0.2, -0.15) is 5.10 Å². The minimum atomic E-state index is 0. The van der Waals surface area contributed by atoms with E-state index >= 15 is 0 Å². The van der Waals surface area contributed by atoms with Gasteiger partial charge < -0.3 is 15.5 Å². The smallest absolute Gasteiger partial charge is 0.191 e. The van der Waals surface area contributed by atoms with Crippen molar-refractivity contribution in [3.63, 3.8) is 0 Å². The zero-order valence-corrected chi connectivity index (χ0v) is 16.6. The molecule has 0 atom stereocenters. The highest BCUT2D eigenvalue weighted by atomic mass is 127. The van der Waals surface area contributed by atoms with Crippen molar-refractivity contribution in [1.29, 1.82) is 0 Å². The zero-order chi connectivity index (χ0) is 15.6. The van der Waals surface area contributed by atoms with Crippen LogP contribution in [0.1, 0.15) is 38.4 Å². The zero-order valence-electron chi connectivity index (χ0n) is 14.3. The summed E-state index contributed by atoms with van der Waals surface area (Å²) in [6.07, 6.45) is 6.99. The Balaban J connectivity index is 0.00000264. The summed E-state index contributed by atoms with van der Waals surface area (Å²) in [7, 11) is 1.89. The van der Waals surface area contributed by atoms with Crippen molar-refractivity contribution in [1.82, 2.24) is 30.3 Å². The van der Waals surface area contributed by atoms with Crippen LogP contribution in [0.4, 0.5) is 0 Å². The molecule has 23 heavy (non-hydrogen) atoms. The number of aliphatic imine (C=N–C) groups is 1. The molecule has 1 aromatic heterocycles. The third kappa shape index (κ3) is 7.47. The van der Waals surface area contributed by atoms with Gasteiger partial charge in [-0.25, -0.2) is 9.98 Å². The second-order valence-corrected chi connectivity index (χ2v) is 5.68. The molecule has 0 radical (unpaired) electrons. The molecule has 132 valence electrons. The largest absolute Gasteiger partial charge is 0.357 e. The van der Waals surface area contributed by atoms with Crippen LogP contribution in [0.5, 0.6) is 0 Å². The molecule has 7 nitrogen and oxygen atoms in total. The summed E-state index contributed by atoms with van der Waals surface area (Å²) < 4.78 is 1.75. The fourth-order valence-electron chi connectivity index (χ4n) is 2.65. The van der Waals surface area contributed by atoms with Crippen LogP contribution < -0.4 is 10.6 Å². The molecule has 0 amide bonds. The predicted octanol–water partition coefficient (Wildman–Crippen LogP) is 1.36. The van der Waals surface area contributed by atoms with E-state index in [0.29, 0.717) is 6.54 Å². The van der Waals surface area contributed by atoms with E-state index in [4.69, 9.17) is 0 Å². The molecule has 1 aliphatic heterocycles. The first-order valence-electron chi connectivity index (χ1n) is 8.37. The van der Waals surface area contributed by atoms with Crippen molar-refractivity contribution in [2.45, 2.75) is 39.2 Å². The third-order valence-corrected chi connectivity index (χ3v) is 3.95. The first-order valence-corrected chi connectivity index (χ1v) is 8.37. The Morgan fingerprint density at radius 3 is 2.57 bits per heavy atom. The van der Waals surface area contributed by atoms with E-state index in [2.05, 4.69) is 37.5 Å². The highest BCUT2D eigenvalue weighted by Crippen LogP contribution is 2.08.